The van der Waals surface area contributed by atoms with Gasteiger partial charge in [0.1, 0.15) is 22.7 Å². The summed E-state index contributed by atoms with van der Waals surface area (Å²) < 4.78 is 73.6. The number of nitrogens with two attached hydrogens (primary N) is 1. The second-order valence-electron chi connectivity index (χ2n) is 23.3. The Morgan fingerprint density at radius 3 is 1.35 bits per heavy atom. The molecule has 22 nitrogen and oxygen atoms in total. The van der Waals surface area contributed by atoms with Crippen molar-refractivity contribution in [2.45, 2.75) is 177 Å². The Labute approximate surface area is 548 Å². The predicted molar refractivity (Wildman–Crippen MR) is 352 cm³/mol. The standard InChI is InChI=1S/C35H41N3O8S.C31H37N3O5S.C4H4O3/c1-3-18-35(19-17-24-9-6-5-7-10-24)21-29(39)33(34(43)46-35)28(4-2)26-11-8-12-27(20-26)38-47(44,45)31-15-13-25(23-37-31)22-36-30(40)14-16-32(41)42;1-3-16-31(17-15-22-9-6-5-7-10-22)19-27(35)29(30(36)39-31)26(4-2)24-11-8-12-25(18-24)34-40(37,38)28-14-13-23(20-32)21-33-28;5-3-1-2-4(6)7-3/h5-13,15,20,23,28,38-39H,3-4,14,16-19,21-22H2,1-2H3,(H,36,40)(H,41,42);5-14,18,21,26,34-35H,3-4,15-17,19-20,32H2,1-2H3;1-2H2/t28-,35-;26-,31-;/m11./s1. The number of ether oxygens (including phenoxy) is 3. The van der Waals surface area contributed by atoms with Gasteiger partial charge in [-0.1, -0.05) is 138 Å². The van der Waals surface area contributed by atoms with E-state index in [4.69, 9.17) is 20.3 Å². The quantitative estimate of drug-likeness (QED) is 0.0136. The number of nitrogens with one attached hydrogen (secondary N) is 3. The van der Waals surface area contributed by atoms with E-state index in [-0.39, 0.29) is 90.0 Å². The van der Waals surface area contributed by atoms with Crippen molar-refractivity contribution in [1.82, 2.24) is 15.3 Å². The first kappa shape index (κ1) is 72.2. The van der Waals surface area contributed by atoms with E-state index in [0.29, 0.717) is 67.3 Å². The van der Waals surface area contributed by atoms with E-state index in [2.05, 4.69) is 29.5 Å². The number of nitrogens with zero attached hydrogens (tertiary/aromatic N) is 2. The van der Waals surface area contributed by atoms with E-state index in [0.717, 1.165) is 36.0 Å². The molecule has 1 saturated heterocycles. The fourth-order valence-electron chi connectivity index (χ4n) is 11.6. The minimum atomic E-state index is -4.09. The normalized spacial score (nSPS) is 17.8. The molecule has 0 saturated carbocycles. The van der Waals surface area contributed by atoms with Crippen LogP contribution < -0.4 is 20.5 Å². The van der Waals surface area contributed by atoms with Gasteiger partial charge in [-0.05, 0) is 121 Å². The molecule has 5 heterocycles. The number of hydrogen-bond acceptors (Lipinski definition) is 18. The molecule has 3 aliphatic heterocycles. The van der Waals surface area contributed by atoms with Crippen molar-refractivity contribution in [3.05, 3.63) is 202 Å². The molecule has 9 rings (SSSR count). The van der Waals surface area contributed by atoms with E-state index in [1.165, 1.54) is 30.6 Å². The first-order valence-corrected chi connectivity index (χ1v) is 34.4. The zero-order valence-electron chi connectivity index (χ0n) is 53.2. The Kier molecular flexibility index (Phi) is 25.7. The maximum atomic E-state index is 13.5. The molecule has 500 valence electrons. The van der Waals surface area contributed by atoms with E-state index >= 15 is 0 Å². The van der Waals surface area contributed by atoms with Gasteiger partial charge in [0.15, 0.2) is 10.1 Å². The van der Waals surface area contributed by atoms with Crippen molar-refractivity contribution in [3.63, 3.8) is 0 Å². The van der Waals surface area contributed by atoms with Crippen molar-refractivity contribution >= 4 is 67.2 Å². The highest BCUT2D eigenvalue weighted by atomic mass is 32.2. The molecule has 3 aliphatic rings. The Morgan fingerprint density at radius 2 is 1.00 bits per heavy atom. The number of rotatable bonds is 28. The number of carbonyl (C=O) groups excluding carboxylic acids is 5. The molecule has 94 heavy (non-hydrogen) atoms. The summed E-state index contributed by atoms with van der Waals surface area (Å²) in [7, 11) is -8.03. The lowest BCUT2D eigenvalue weighted by Gasteiger charge is -2.38. The second kappa shape index (κ2) is 33.5. The van der Waals surface area contributed by atoms with Gasteiger partial charge >= 0.3 is 29.8 Å². The topological polar surface area (TPSA) is 347 Å². The van der Waals surface area contributed by atoms with Crippen molar-refractivity contribution in [1.29, 1.82) is 0 Å². The highest BCUT2D eigenvalue weighted by Gasteiger charge is 2.45. The number of aryl methyl sites for hydroxylation is 2. The summed E-state index contributed by atoms with van der Waals surface area (Å²) in [5.74, 6) is -4.34. The van der Waals surface area contributed by atoms with Crippen LogP contribution >= 0.6 is 0 Å². The zero-order chi connectivity index (χ0) is 68.1. The number of aliphatic carboxylic acids is 1. The van der Waals surface area contributed by atoms with Gasteiger partial charge in [-0.3, -0.25) is 28.6 Å². The lowest BCUT2D eigenvalue weighted by atomic mass is 9.80. The summed E-state index contributed by atoms with van der Waals surface area (Å²) in [5, 5.41) is 33.5. The fourth-order valence-corrected chi connectivity index (χ4v) is 13.6. The number of amides is 1. The summed E-state index contributed by atoms with van der Waals surface area (Å²) in [6.07, 6.45) is 9.77. The average molecular weight is 1330 g/mol. The van der Waals surface area contributed by atoms with Crippen molar-refractivity contribution in [3.8, 4) is 0 Å². The number of cyclic esters (lactones) is 4. The smallest absolute Gasteiger partial charge is 0.338 e. The summed E-state index contributed by atoms with van der Waals surface area (Å²) in [5.41, 5.74) is 9.88. The number of aliphatic hydroxyl groups is 2. The Morgan fingerprint density at radius 1 is 0.564 bits per heavy atom. The van der Waals surface area contributed by atoms with Crippen LogP contribution in [0.4, 0.5) is 11.4 Å². The molecule has 0 aliphatic carbocycles. The monoisotopic (exact) mass is 1330 g/mol. The molecule has 2 aromatic heterocycles. The molecule has 4 aromatic carbocycles. The third-order valence-electron chi connectivity index (χ3n) is 16.3. The number of aliphatic hydroxyl groups excluding tert-OH is 2. The zero-order valence-corrected chi connectivity index (χ0v) is 54.8. The Hall–Kier alpha value is -9.26. The van der Waals surface area contributed by atoms with Crippen LogP contribution in [0.1, 0.15) is 163 Å². The van der Waals surface area contributed by atoms with Gasteiger partial charge < -0.3 is 40.6 Å². The molecule has 0 unspecified atom stereocenters. The first-order chi connectivity index (χ1) is 44.9. The van der Waals surface area contributed by atoms with Crippen LogP contribution in [0.5, 0.6) is 0 Å². The largest absolute Gasteiger partial charge is 0.512 e. The van der Waals surface area contributed by atoms with Crippen LogP contribution in [0.15, 0.2) is 179 Å². The highest BCUT2D eigenvalue weighted by Crippen LogP contribution is 2.44. The summed E-state index contributed by atoms with van der Waals surface area (Å²) in [4.78, 5) is 77.5. The Bertz CT molecular complexity index is 3910. The van der Waals surface area contributed by atoms with Gasteiger partial charge in [-0.2, -0.15) is 16.8 Å². The van der Waals surface area contributed by atoms with Crippen molar-refractivity contribution in [2.24, 2.45) is 5.73 Å². The van der Waals surface area contributed by atoms with Crippen LogP contribution in [-0.4, -0.2) is 89.1 Å². The van der Waals surface area contributed by atoms with Crippen molar-refractivity contribution in [2.75, 3.05) is 9.44 Å². The molecule has 8 N–H and O–H groups in total. The SMILES string of the molecule is CCC[C@@]1(CCc2ccccc2)CC(O)=C([C@H](CC)c2cccc(NS(=O)(=O)c3ccc(CN)cn3)c2)C(=O)O1.CCC[C@@]1(CCc2ccccc2)CC(O)=C([C@H](CC)c2cccc(NS(=O)(=O)c3ccc(CNC(=O)CCC(=O)O)cn3)c2)C(=O)O1.O=C1CCC(=O)O1. The molecular formula is C70H82N6O16S2. The summed E-state index contributed by atoms with van der Waals surface area (Å²) >= 11 is 0. The minimum absolute atomic E-state index is 0.00274. The van der Waals surface area contributed by atoms with Crippen LogP contribution in [-0.2, 0) is 89.0 Å². The Balaban J connectivity index is 0.000000243. The van der Waals surface area contributed by atoms with Crippen LogP contribution in [0, 0.1) is 0 Å². The predicted octanol–water partition coefficient (Wildman–Crippen LogP) is 11.4. The molecule has 0 spiro atoms. The van der Waals surface area contributed by atoms with Crippen LogP contribution in [0.3, 0.4) is 0 Å². The number of hydrogen-bond donors (Lipinski definition) is 7. The van der Waals surface area contributed by atoms with E-state index in [9.17, 15) is 55.8 Å². The van der Waals surface area contributed by atoms with Crippen LogP contribution in [0.2, 0.25) is 0 Å². The molecular weight excluding hydrogens is 1240 g/mol. The molecule has 6 aromatic rings. The van der Waals surface area contributed by atoms with Gasteiger partial charge in [0.05, 0.1) is 30.4 Å². The van der Waals surface area contributed by atoms with Gasteiger partial charge in [-0.15, -0.1) is 0 Å². The highest BCUT2D eigenvalue weighted by molar-refractivity contribution is 7.93. The number of pyridine rings is 2. The lowest BCUT2D eigenvalue weighted by molar-refractivity contribution is -0.162. The maximum absolute atomic E-state index is 13.5. The number of carbonyl (C=O) groups is 6. The number of carboxylic acid groups (broad SMARTS) is 1. The molecule has 1 fully saturated rings. The summed E-state index contributed by atoms with van der Waals surface area (Å²) in [6, 6.07) is 39.3. The molecule has 24 heteroatoms. The maximum Gasteiger partial charge on any atom is 0.338 e. The van der Waals surface area contributed by atoms with E-state index in [1.54, 1.807) is 48.5 Å². The van der Waals surface area contributed by atoms with Gasteiger partial charge in [-0.25, -0.2) is 19.6 Å². The molecule has 0 radical (unpaired) electrons. The third-order valence-corrected chi connectivity index (χ3v) is 18.9. The van der Waals surface area contributed by atoms with Crippen LogP contribution in [0.25, 0.3) is 0 Å². The number of carboxylic acids is 1. The average Bonchev–Trinajstić information content (AvgIpc) is 0.814. The number of anilines is 2. The van der Waals surface area contributed by atoms with Gasteiger partial charge in [0, 0.05) is 68.0 Å². The summed E-state index contributed by atoms with van der Waals surface area (Å²) in [6.45, 7) is 8.19. The minimum Gasteiger partial charge on any atom is -0.512 e. The van der Waals surface area contributed by atoms with Gasteiger partial charge in [0.25, 0.3) is 20.0 Å². The number of aromatic nitrogens is 2. The number of benzene rings is 4. The van der Waals surface area contributed by atoms with E-state index < -0.39 is 78.8 Å². The second-order valence-corrected chi connectivity index (χ2v) is 26.6. The third kappa shape index (κ3) is 20.1. The molecule has 0 bridgehead atoms. The van der Waals surface area contributed by atoms with Gasteiger partial charge in [0.2, 0.25) is 5.91 Å². The van der Waals surface area contributed by atoms with E-state index in [1.807, 2.05) is 94.4 Å². The molecule has 4 atom stereocenters. The fraction of sp³-hybridized carbons (Fsp3) is 0.371. The number of sulfonamides is 2. The molecule has 1 amide bonds. The first-order valence-electron chi connectivity index (χ1n) is 31.4. The number of esters is 4. The lowest BCUT2D eigenvalue weighted by Crippen LogP contribution is -2.41. The van der Waals surface area contributed by atoms with Crippen molar-refractivity contribution < 1.29 is 75.1 Å².